The number of hydrogen-bond acceptors (Lipinski definition) is 8. The number of nitrogens with one attached hydrogen (secondary N) is 3. The van der Waals surface area contributed by atoms with Crippen molar-refractivity contribution in [3.8, 4) is 11.5 Å². The molecule has 45 heavy (non-hydrogen) atoms. The Kier molecular flexibility index (Phi) is 10.1. The van der Waals surface area contributed by atoms with Gasteiger partial charge < -0.3 is 25.4 Å². The maximum absolute atomic E-state index is 13.6. The summed E-state index contributed by atoms with van der Waals surface area (Å²) in [6.45, 7) is 2.01. The summed E-state index contributed by atoms with van der Waals surface area (Å²) < 4.78 is 11.8. The molecule has 11 heteroatoms. The number of benzene rings is 4. The summed E-state index contributed by atoms with van der Waals surface area (Å²) in [5, 5.41) is 9.00. The first-order chi connectivity index (χ1) is 21.8. The van der Waals surface area contributed by atoms with E-state index in [0.717, 1.165) is 20.7 Å². The molecule has 5 aromatic rings. The fourth-order valence-electron chi connectivity index (χ4n) is 4.30. The van der Waals surface area contributed by atoms with E-state index >= 15 is 0 Å². The van der Waals surface area contributed by atoms with Gasteiger partial charge in [-0.2, -0.15) is 0 Å². The van der Waals surface area contributed by atoms with E-state index in [1.54, 1.807) is 66.7 Å². The Bertz CT molecular complexity index is 1890. The van der Waals surface area contributed by atoms with Gasteiger partial charge in [-0.1, -0.05) is 41.7 Å². The molecule has 9 nitrogen and oxygen atoms in total. The van der Waals surface area contributed by atoms with Crippen LogP contribution in [-0.4, -0.2) is 42.7 Å². The smallest absolute Gasteiger partial charge is 0.272 e. The number of thiazole rings is 1. The molecule has 1 heterocycles. The first-order valence-corrected chi connectivity index (χ1v) is 15.6. The Hall–Kier alpha value is -5.13. The van der Waals surface area contributed by atoms with Gasteiger partial charge in [-0.25, -0.2) is 4.98 Å². The molecule has 0 saturated carbocycles. The minimum Gasteiger partial charge on any atom is -0.497 e. The number of carbonyl (C=O) groups is 3. The van der Waals surface area contributed by atoms with Crippen molar-refractivity contribution >= 4 is 67.9 Å². The molecule has 0 fully saturated rings. The van der Waals surface area contributed by atoms with Gasteiger partial charge in [-0.3, -0.25) is 14.4 Å². The molecule has 0 radical (unpaired) electrons. The minimum absolute atomic E-state index is 0.00105. The number of fused-ring (bicyclic) bond motifs is 1. The number of aromatic nitrogens is 1. The fourth-order valence-corrected chi connectivity index (χ4v) is 6.04. The number of ether oxygens (including phenoxy) is 2. The first kappa shape index (κ1) is 31.3. The van der Waals surface area contributed by atoms with Gasteiger partial charge in [-0.05, 0) is 79.2 Å². The van der Waals surface area contributed by atoms with Crippen molar-refractivity contribution in [2.75, 3.05) is 30.6 Å². The van der Waals surface area contributed by atoms with E-state index in [1.807, 2.05) is 31.2 Å². The molecule has 228 valence electrons. The molecule has 0 atom stereocenters. The van der Waals surface area contributed by atoms with Crippen LogP contribution in [0.4, 0.5) is 10.8 Å². The Morgan fingerprint density at radius 1 is 0.889 bits per heavy atom. The normalized spacial score (nSPS) is 11.1. The summed E-state index contributed by atoms with van der Waals surface area (Å²) in [5.74, 6) is 0.0232. The summed E-state index contributed by atoms with van der Waals surface area (Å²) in [6.07, 6.45) is 1.53. The van der Waals surface area contributed by atoms with Crippen LogP contribution >= 0.6 is 23.1 Å². The highest BCUT2D eigenvalue weighted by Crippen LogP contribution is 2.29. The Balaban J connectivity index is 1.30. The fraction of sp³-hybridized carbons (Fsp3) is 0.118. The number of anilines is 2. The van der Waals surface area contributed by atoms with E-state index in [1.165, 1.54) is 43.4 Å². The van der Waals surface area contributed by atoms with Gasteiger partial charge in [0.05, 0.1) is 30.2 Å². The second-order valence-corrected chi connectivity index (χ2v) is 11.9. The lowest BCUT2D eigenvalue weighted by atomic mass is 10.1. The maximum atomic E-state index is 13.6. The number of methoxy groups -OCH3 is 2. The zero-order chi connectivity index (χ0) is 31.8. The second-order valence-electron chi connectivity index (χ2n) is 9.80. The molecule has 4 aromatic carbocycles. The molecular formula is C34H30N4O5S2. The third kappa shape index (κ3) is 8.28. The highest BCUT2D eigenvalue weighted by molar-refractivity contribution is 8.00. The highest BCUT2D eigenvalue weighted by Gasteiger charge is 2.17. The van der Waals surface area contributed by atoms with Crippen LogP contribution in [0.3, 0.4) is 0 Å². The van der Waals surface area contributed by atoms with Crippen LogP contribution in [0.2, 0.25) is 0 Å². The standard InChI is InChI=1S/C34H30N4O5S2/c1-21-12-14-27-30(16-21)45-34(37-27)38-31(39)20-44-26-11-7-10-24(19-26)35-33(41)28(36-32(40)22-8-5-4-6-9-22)18-23-17-25(42-2)13-15-29(23)43-3/h4-19H,20H2,1-3H3,(H,35,41)(H,36,40)(H,37,38,39)/b28-18+. The van der Waals surface area contributed by atoms with E-state index in [-0.39, 0.29) is 17.4 Å². The molecular weight excluding hydrogens is 609 g/mol. The van der Waals surface area contributed by atoms with Gasteiger partial charge in [0.25, 0.3) is 11.8 Å². The summed E-state index contributed by atoms with van der Waals surface area (Å²) in [7, 11) is 3.06. The van der Waals surface area contributed by atoms with Gasteiger partial charge in [0.15, 0.2) is 5.13 Å². The van der Waals surface area contributed by atoms with E-state index < -0.39 is 11.8 Å². The van der Waals surface area contributed by atoms with Crippen LogP contribution < -0.4 is 25.4 Å². The quantitative estimate of drug-likeness (QED) is 0.108. The average molecular weight is 639 g/mol. The molecule has 5 rings (SSSR count). The second kappa shape index (κ2) is 14.6. The molecule has 3 amide bonds. The number of nitrogens with zero attached hydrogens (tertiary/aromatic N) is 1. The van der Waals surface area contributed by atoms with Crippen LogP contribution in [0.1, 0.15) is 21.5 Å². The largest absolute Gasteiger partial charge is 0.497 e. The van der Waals surface area contributed by atoms with Crippen LogP contribution in [0.15, 0.2) is 102 Å². The maximum Gasteiger partial charge on any atom is 0.272 e. The van der Waals surface area contributed by atoms with Crippen molar-refractivity contribution in [1.29, 1.82) is 0 Å². The summed E-state index contributed by atoms with van der Waals surface area (Å²) in [4.78, 5) is 44.5. The Morgan fingerprint density at radius 3 is 2.49 bits per heavy atom. The summed E-state index contributed by atoms with van der Waals surface area (Å²) in [6, 6.07) is 26.9. The molecule has 0 spiro atoms. The van der Waals surface area contributed by atoms with Gasteiger partial charge >= 0.3 is 0 Å². The predicted octanol–water partition coefficient (Wildman–Crippen LogP) is 6.76. The van der Waals surface area contributed by atoms with Crippen molar-refractivity contribution in [3.05, 3.63) is 113 Å². The van der Waals surface area contributed by atoms with Crippen LogP contribution in [-0.2, 0) is 9.59 Å². The van der Waals surface area contributed by atoms with E-state index in [4.69, 9.17) is 9.47 Å². The molecule has 0 aliphatic heterocycles. The number of aryl methyl sites for hydroxylation is 1. The van der Waals surface area contributed by atoms with E-state index in [0.29, 0.717) is 33.4 Å². The van der Waals surface area contributed by atoms with Gasteiger partial charge in [-0.15, -0.1) is 11.8 Å². The molecule has 0 unspecified atom stereocenters. The monoisotopic (exact) mass is 638 g/mol. The first-order valence-electron chi connectivity index (χ1n) is 13.8. The zero-order valence-corrected chi connectivity index (χ0v) is 26.4. The summed E-state index contributed by atoms with van der Waals surface area (Å²) >= 11 is 2.76. The van der Waals surface area contributed by atoms with Gasteiger partial charge in [0.1, 0.15) is 17.2 Å². The van der Waals surface area contributed by atoms with Crippen LogP contribution in [0.25, 0.3) is 16.3 Å². The third-order valence-electron chi connectivity index (χ3n) is 6.52. The SMILES string of the molecule is COc1ccc(OC)c(/C=C(/NC(=O)c2ccccc2)C(=O)Nc2cccc(SCC(=O)Nc3nc4ccc(C)cc4s3)c2)c1. The van der Waals surface area contributed by atoms with Gasteiger partial charge in [0.2, 0.25) is 5.91 Å². The molecule has 0 saturated heterocycles. The molecule has 0 aliphatic rings. The lowest BCUT2D eigenvalue weighted by Gasteiger charge is -2.13. The number of carbonyl (C=O) groups excluding carboxylic acids is 3. The highest BCUT2D eigenvalue weighted by atomic mass is 32.2. The van der Waals surface area contributed by atoms with Crippen LogP contribution in [0.5, 0.6) is 11.5 Å². The topological polar surface area (TPSA) is 119 Å². The molecule has 0 bridgehead atoms. The molecule has 3 N–H and O–H groups in total. The van der Waals surface area contributed by atoms with Crippen molar-refractivity contribution < 1.29 is 23.9 Å². The molecule has 0 aliphatic carbocycles. The Labute approximate surface area is 268 Å². The lowest BCUT2D eigenvalue weighted by molar-refractivity contribution is -0.114. The minimum atomic E-state index is -0.546. The van der Waals surface area contributed by atoms with Crippen molar-refractivity contribution in [2.24, 2.45) is 0 Å². The van der Waals surface area contributed by atoms with Crippen molar-refractivity contribution in [1.82, 2.24) is 10.3 Å². The number of rotatable bonds is 11. The van der Waals surface area contributed by atoms with Crippen molar-refractivity contribution in [3.63, 3.8) is 0 Å². The zero-order valence-electron chi connectivity index (χ0n) is 24.7. The third-order valence-corrected chi connectivity index (χ3v) is 8.45. The Morgan fingerprint density at radius 2 is 1.71 bits per heavy atom. The van der Waals surface area contributed by atoms with Gasteiger partial charge in [0, 0.05) is 21.7 Å². The predicted molar refractivity (Wildman–Crippen MR) is 180 cm³/mol. The van der Waals surface area contributed by atoms with E-state index in [2.05, 4.69) is 20.9 Å². The summed E-state index contributed by atoms with van der Waals surface area (Å²) in [5.41, 5.74) is 3.40. The molecule has 1 aromatic heterocycles. The lowest BCUT2D eigenvalue weighted by Crippen LogP contribution is -2.30. The number of hydrogen-bond donors (Lipinski definition) is 3. The van der Waals surface area contributed by atoms with Crippen molar-refractivity contribution in [2.45, 2.75) is 11.8 Å². The number of thioether (sulfide) groups is 1. The average Bonchev–Trinajstić information content (AvgIpc) is 3.45. The van der Waals surface area contributed by atoms with E-state index in [9.17, 15) is 14.4 Å². The number of amides is 3. The van der Waals surface area contributed by atoms with Crippen LogP contribution in [0, 0.1) is 6.92 Å².